The van der Waals surface area contributed by atoms with Crippen LogP contribution in [0, 0.1) is 0 Å². The summed E-state index contributed by atoms with van der Waals surface area (Å²) in [6.45, 7) is 0. The predicted octanol–water partition coefficient (Wildman–Crippen LogP) is -0.886. The van der Waals surface area contributed by atoms with Gasteiger partial charge in [-0.3, -0.25) is 0 Å². The van der Waals surface area contributed by atoms with E-state index in [-0.39, 0.29) is 61.3 Å². The zero-order chi connectivity index (χ0) is 2.00. The van der Waals surface area contributed by atoms with Crippen molar-refractivity contribution in [1.82, 2.24) is 0 Å². The molecule has 0 saturated heterocycles. The third-order valence-electron chi connectivity index (χ3n) is 0. The van der Waals surface area contributed by atoms with Crippen LogP contribution in [0.3, 0.4) is 0 Å². The fourth-order valence-electron chi connectivity index (χ4n) is 0. The summed E-state index contributed by atoms with van der Waals surface area (Å²) in [5.41, 5.74) is 0. The van der Waals surface area contributed by atoms with Crippen molar-refractivity contribution in [3.8, 4) is 0 Å². The number of rotatable bonds is 0. The van der Waals surface area contributed by atoms with E-state index in [2.05, 4.69) is 0 Å². The molecule has 4 heavy (non-hydrogen) atoms. The molecule has 0 saturated carbocycles. The topological polar surface area (TPSA) is 20.2 Å². The molecule has 0 bridgehead atoms. The summed E-state index contributed by atoms with van der Waals surface area (Å²) in [5.74, 6) is 0. The Morgan fingerprint density at radius 2 is 1.25 bits per heavy atom. The van der Waals surface area contributed by atoms with Gasteiger partial charge < -0.3 is 5.11 Å². The first-order chi connectivity index (χ1) is 1.00. The molecule has 1 nitrogen and oxygen atoms in total. The van der Waals surface area contributed by atoms with E-state index in [0.717, 1.165) is 7.11 Å². The van der Waals surface area contributed by atoms with Crippen molar-refractivity contribution in [3.63, 3.8) is 0 Å². The average molecular weight is 208 g/mol. The van der Waals surface area contributed by atoms with E-state index in [4.69, 9.17) is 5.11 Å². The third-order valence-corrected chi connectivity index (χ3v) is 0. The minimum absolute atomic E-state index is 0. The number of hydrogen-bond donors (Lipinski definition) is 1. The first-order valence-corrected chi connectivity index (χ1v) is 0.447. The summed E-state index contributed by atoms with van der Waals surface area (Å²) in [4.78, 5) is 0. The number of hydrogen-bond acceptors (Lipinski definition) is 1. The SMILES string of the molecule is CO.Cl.[BaH2]. The molecule has 0 unspecified atom stereocenters. The Bertz CT molecular complexity index is 8.00. The molecule has 0 rings (SSSR count). The Balaban J connectivity index is -0.00000000500. The molecule has 0 amide bonds. The molecular weight excluding hydrogens is 201 g/mol. The van der Waals surface area contributed by atoms with Crippen molar-refractivity contribution >= 4 is 61.3 Å². The van der Waals surface area contributed by atoms with Crippen LogP contribution in [0.15, 0.2) is 0 Å². The van der Waals surface area contributed by atoms with Gasteiger partial charge >= 0.3 is 48.9 Å². The van der Waals surface area contributed by atoms with Crippen LogP contribution in [0.25, 0.3) is 0 Å². The molecule has 1 N–H and O–H groups in total. The first-order valence-electron chi connectivity index (χ1n) is 0.447. The van der Waals surface area contributed by atoms with Crippen LogP contribution < -0.4 is 0 Å². The molecule has 0 aromatic rings. The summed E-state index contributed by atoms with van der Waals surface area (Å²) < 4.78 is 0. The fourth-order valence-corrected chi connectivity index (χ4v) is 0. The molecule has 0 aromatic carbocycles. The van der Waals surface area contributed by atoms with Crippen molar-refractivity contribution in [3.05, 3.63) is 0 Å². The van der Waals surface area contributed by atoms with E-state index in [1.54, 1.807) is 0 Å². The van der Waals surface area contributed by atoms with Gasteiger partial charge in [0.05, 0.1) is 0 Å². The number of aliphatic hydroxyl groups excluding tert-OH is 1. The van der Waals surface area contributed by atoms with Crippen LogP contribution in [0.2, 0.25) is 0 Å². The van der Waals surface area contributed by atoms with Crippen LogP contribution in [0.1, 0.15) is 0 Å². The first kappa shape index (κ1) is 17.0. The van der Waals surface area contributed by atoms with Gasteiger partial charge in [-0.05, 0) is 0 Å². The van der Waals surface area contributed by atoms with Crippen molar-refractivity contribution in [1.29, 1.82) is 0 Å². The summed E-state index contributed by atoms with van der Waals surface area (Å²) in [6, 6.07) is 0. The second kappa shape index (κ2) is 21.2. The van der Waals surface area contributed by atoms with Gasteiger partial charge in [0.2, 0.25) is 0 Å². The maximum absolute atomic E-state index is 7.00. The summed E-state index contributed by atoms with van der Waals surface area (Å²) in [7, 11) is 1.00. The van der Waals surface area contributed by atoms with E-state index in [1.165, 1.54) is 0 Å². The molecular formula is CH7BaClO. The van der Waals surface area contributed by atoms with Crippen LogP contribution in [-0.4, -0.2) is 61.1 Å². The summed E-state index contributed by atoms with van der Waals surface area (Å²) in [6.07, 6.45) is 0. The van der Waals surface area contributed by atoms with Gasteiger partial charge in [0.25, 0.3) is 0 Å². The normalized spacial score (nSPS) is 1.50. The van der Waals surface area contributed by atoms with Gasteiger partial charge in [-0.25, -0.2) is 0 Å². The van der Waals surface area contributed by atoms with Gasteiger partial charge in [-0.2, -0.15) is 0 Å². The molecule has 0 spiro atoms. The second-order valence-corrected chi connectivity index (χ2v) is 0. The number of halogens is 1. The second-order valence-electron chi connectivity index (χ2n) is 0. The van der Waals surface area contributed by atoms with E-state index in [1.807, 2.05) is 0 Å². The van der Waals surface area contributed by atoms with Crippen LogP contribution in [0.4, 0.5) is 0 Å². The minimum atomic E-state index is 0. The molecule has 0 heterocycles. The Kier molecular flexibility index (Phi) is 90.2. The molecule has 0 aliphatic carbocycles. The molecule has 26 valence electrons. The Hall–Kier alpha value is 1.82. The predicted molar refractivity (Wildman–Crippen MR) is 23.9 cm³/mol. The van der Waals surface area contributed by atoms with Crippen LogP contribution in [0.5, 0.6) is 0 Å². The monoisotopic (exact) mass is 208 g/mol. The van der Waals surface area contributed by atoms with Crippen molar-refractivity contribution < 1.29 is 5.11 Å². The van der Waals surface area contributed by atoms with E-state index in [9.17, 15) is 0 Å². The quantitative estimate of drug-likeness (QED) is 0.512. The molecule has 0 atom stereocenters. The van der Waals surface area contributed by atoms with Gasteiger partial charge in [-0.15, -0.1) is 12.4 Å². The van der Waals surface area contributed by atoms with Crippen LogP contribution >= 0.6 is 12.4 Å². The zero-order valence-electron chi connectivity index (χ0n) is 1.86. The zero-order valence-corrected chi connectivity index (χ0v) is 2.67. The van der Waals surface area contributed by atoms with Crippen molar-refractivity contribution in [2.24, 2.45) is 0 Å². The van der Waals surface area contributed by atoms with Gasteiger partial charge in [-0.1, -0.05) is 0 Å². The maximum atomic E-state index is 7.00. The fraction of sp³-hybridized carbons (Fsp3) is 1.00. The van der Waals surface area contributed by atoms with E-state index < -0.39 is 0 Å². The Morgan fingerprint density at radius 1 is 1.25 bits per heavy atom. The molecule has 0 aliphatic rings. The third kappa shape index (κ3) is 9.17. The van der Waals surface area contributed by atoms with E-state index >= 15 is 0 Å². The molecule has 0 aromatic heterocycles. The molecule has 0 fully saturated rings. The standard InChI is InChI=1S/CH4O.Ba.ClH.2H/c1-2;;;;/h2H,1H3;;1H;;. The summed E-state index contributed by atoms with van der Waals surface area (Å²) in [5, 5.41) is 7.00. The summed E-state index contributed by atoms with van der Waals surface area (Å²) >= 11 is 0. The molecule has 0 radical (unpaired) electrons. The number of aliphatic hydroxyl groups is 1. The van der Waals surface area contributed by atoms with E-state index in [0.29, 0.717) is 0 Å². The van der Waals surface area contributed by atoms with Crippen molar-refractivity contribution in [2.45, 2.75) is 0 Å². The molecule has 0 aliphatic heterocycles. The van der Waals surface area contributed by atoms with Gasteiger partial charge in [0.15, 0.2) is 0 Å². The van der Waals surface area contributed by atoms with Crippen LogP contribution in [-0.2, 0) is 0 Å². The van der Waals surface area contributed by atoms with Gasteiger partial charge in [0.1, 0.15) is 0 Å². The molecule has 3 heteroatoms. The van der Waals surface area contributed by atoms with Gasteiger partial charge in [0, 0.05) is 7.11 Å². The van der Waals surface area contributed by atoms with Crippen molar-refractivity contribution in [2.75, 3.05) is 7.11 Å². The Labute approximate surface area is 72.3 Å². The average Bonchev–Trinajstić information content (AvgIpc) is 1.00. The Morgan fingerprint density at radius 3 is 1.25 bits per heavy atom.